The van der Waals surface area contributed by atoms with Crippen LogP contribution in [0.25, 0.3) is 0 Å². The first kappa shape index (κ1) is 13.0. The van der Waals surface area contributed by atoms with Crippen molar-refractivity contribution in [1.82, 2.24) is 0 Å². The topological polar surface area (TPSA) is 62.1 Å². The zero-order valence-electron chi connectivity index (χ0n) is 10.3. The standard InChI is InChI=1S/C13H16N2O2/c1-4-10(8-14)13(16)15-12-6-5-11(17-3)7-9(12)2/h5-7,10H,4H2,1-3H3,(H,15,16). The van der Waals surface area contributed by atoms with E-state index in [0.29, 0.717) is 12.1 Å². The largest absolute Gasteiger partial charge is 0.497 e. The van der Waals surface area contributed by atoms with E-state index in [4.69, 9.17) is 10.00 Å². The van der Waals surface area contributed by atoms with Crippen molar-refractivity contribution in [3.05, 3.63) is 23.8 Å². The first-order valence-electron chi connectivity index (χ1n) is 5.47. The van der Waals surface area contributed by atoms with Gasteiger partial charge < -0.3 is 10.1 Å². The van der Waals surface area contributed by atoms with Gasteiger partial charge in [-0.3, -0.25) is 4.79 Å². The van der Waals surface area contributed by atoms with Gasteiger partial charge in [0.25, 0.3) is 0 Å². The van der Waals surface area contributed by atoms with Crippen molar-refractivity contribution < 1.29 is 9.53 Å². The summed E-state index contributed by atoms with van der Waals surface area (Å²) in [5, 5.41) is 11.5. The molecule has 0 aliphatic heterocycles. The molecule has 1 aromatic carbocycles. The summed E-state index contributed by atoms with van der Waals surface area (Å²) in [7, 11) is 1.59. The van der Waals surface area contributed by atoms with Crippen LogP contribution in [0.1, 0.15) is 18.9 Å². The molecule has 0 bridgehead atoms. The number of amides is 1. The fourth-order valence-corrected chi connectivity index (χ4v) is 1.46. The number of anilines is 1. The van der Waals surface area contributed by atoms with E-state index in [0.717, 1.165) is 11.3 Å². The van der Waals surface area contributed by atoms with Crippen molar-refractivity contribution in [2.24, 2.45) is 5.92 Å². The molecule has 0 aromatic heterocycles. The highest BCUT2D eigenvalue weighted by atomic mass is 16.5. The number of rotatable bonds is 4. The third-order valence-electron chi connectivity index (χ3n) is 2.57. The Hall–Kier alpha value is -2.02. The minimum absolute atomic E-state index is 0.261. The molecule has 1 atom stereocenters. The molecule has 1 aromatic rings. The molecule has 4 nitrogen and oxygen atoms in total. The zero-order chi connectivity index (χ0) is 12.8. The highest BCUT2D eigenvalue weighted by Crippen LogP contribution is 2.21. The Bertz CT molecular complexity index is 449. The molecule has 0 aliphatic rings. The van der Waals surface area contributed by atoms with Gasteiger partial charge in [-0.2, -0.15) is 5.26 Å². The van der Waals surface area contributed by atoms with Gasteiger partial charge in [-0.05, 0) is 37.1 Å². The van der Waals surface area contributed by atoms with Gasteiger partial charge in [0.15, 0.2) is 0 Å². The third kappa shape index (κ3) is 3.22. The lowest BCUT2D eigenvalue weighted by atomic mass is 10.1. The molecule has 0 fully saturated rings. The van der Waals surface area contributed by atoms with Gasteiger partial charge in [-0.25, -0.2) is 0 Å². The summed E-state index contributed by atoms with van der Waals surface area (Å²) in [6.07, 6.45) is 0.511. The number of nitrogens with one attached hydrogen (secondary N) is 1. The van der Waals surface area contributed by atoms with Gasteiger partial charge >= 0.3 is 0 Å². The van der Waals surface area contributed by atoms with Crippen molar-refractivity contribution in [2.75, 3.05) is 12.4 Å². The van der Waals surface area contributed by atoms with Crippen molar-refractivity contribution in [3.63, 3.8) is 0 Å². The maximum atomic E-state index is 11.7. The summed E-state index contributed by atoms with van der Waals surface area (Å²) < 4.78 is 5.08. The summed E-state index contributed by atoms with van der Waals surface area (Å²) in [6.45, 7) is 3.69. The average Bonchev–Trinajstić information content (AvgIpc) is 2.33. The first-order chi connectivity index (χ1) is 8.12. The Morgan fingerprint density at radius 2 is 2.29 bits per heavy atom. The number of nitriles is 1. The molecular formula is C13H16N2O2. The van der Waals surface area contributed by atoms with Crippen LogP contribution in [0, 0.1) is 24.2 Å². The monoisotopic (exact) mass is 232 g/mol. The van der Waals surface area contributed by atoms with Crippen LogP contribution in [0.4, 0.5) is 5.69 Å². The second kappa shape index (κ2) is 5.90. The molecule has 0 saturated carbocycles. The number of ether oxygens (including phenoxy) is 1. The summed E-state index contributed by atoms with van der Waals surface area (Å²) in [5.41, 5.74) is 1.62. The highest BCUT2D eigenvalue weighted by Gasteiger charge is 2.16. The second-order valence-electron chi connectivity index (χ2n) is 3.76. The number of hydrogen-bond acceptors (Lipinski definition) is 3. The van der Waals surface area contributed by atoms with E-state index in [1.165, 1.54) is 0 Å². The third-order valence-corrected chi connectivity index (χ3v) is 2.57. The predicted molar refractivity (Wildman–Crippen MR) is 65.8 cm³/mol. The lowest BCUT2D eigenvalue weighted by molar-refractivity contribution is -0.118. The normalized spacial score (nSPS) is 11.4. The first-order valence-corrected chi connectivity index (χ1v) is 5.47. The number of methoxy groups -OCH3 is 1. The molecule has 0 radical (unpaired) electrons. The van der Waals surface area contributed by atoms with Gasteiger partial charge in [-0.1, -0.05) is 6.92 Å². The Morgan fingerprint density at radius 3 is 2.76 bits per heavy atom. The Kier molecular flexibility index (Phi) is 4.53. The van der Waals surface area contributed by atoms with E-state index in [-0.39, 0.29) is 5.91 Å². The molecule has 4 heteroatoms. The molecule has 0 saturated heterocycles. The van der Waals surface area contributed by atoms with Gasteiger partial charge in [0.1, 0.15) is 11.7 Å². The van der Waals surface area contributed by atoms with Crippen LogP contribution < -0.4 is 10.1 Å². The van der Waals surface area contributed by atoms with Crippen LogP contribution in [-0.4, -0.2) is 13.0 Å². The fourth-order valence-electron chi connectivity index (χ4n) is 1.46. The van der Waals surface area contributed by atoms with E-state index in [2.05, 4.69) is 5.32 Å². The number of nitrogens with zero attached hydrogens (tertiary/aromatic N) is 1. The predicted octanol–water partition coefficient (Wildman–Crippen LogP) is 2.49. The van der Waals surface area contributed by atoms with E-state index in [1.54, 1.807) is 19.2 Å². The Labute approximate surface area is 101 Å². The van der Waals surface area contributed by atoms with E-state index < -0.39 is 5.92 Å². The number of carbonyl (C=O) groups excluding carboxylic acids is 1. The van der Waals surface area contributed by atoms with E-state index in [1.807, 2.05) is 26.0 Å². The van der Waals surface area contributed by atoms with Gasteiger partial charge in [0, 0.05) is 5.69 Å². The summed E-state index contributed by atoms with van der Waals surface area (Å²) in [6, 6.07) is 7.36. The molecule has 0 spiro atoms. The zero-order valence-corrected chi connectivity index (χ0v) is 10.3. The summed E-state index contributed by atoms with van der Waals surface area (Å²) >= 11 is 0. The molecule has 90 valence electrons. The van der Waals surface area contributed by atoms with Crippen molar-refractivity contribution in [2.45, 2.75) is 20.3 Å². The molecule has 1 rings (SSSR count). The number of carbonyl (C=O) groups is 1. The molecule has 1 N–H and O–H groups in total. The van der Waals surface area contributed by atoms with Crippen LogP contribution in [0.15, 0.2) is 18.2 Å². The second-order valence-corrected chi connectivity index (χ2v) is 3.76. The maximum absolute atomic E-state index is 11.7. The lowest BCUT2D eigenvalue weighted by Gasteiger charge is -2.11. The SMILES string of the molecule is CCC(C#N)C(=O)Nc1ccc(OC)cc1C. The summed E-state index contributed by atoms with van der Waals surface area (Å²) in [5.74, 6) is -0.118. The maximum Gasteiger partial charge on any atom is 0.241 e. The van der Waals surface area contributed by atoms with E-state index in [9.17, 15) is 4.79 Å². The van der Waals surface area contributed by atoms with Gasteiger partial charge in [-0.15, -0.1) is 0 Å². The summed E-state index contributed by atoms with van der Waals surface area (Å²) in [4.78, 5) is 11.7. The molecule has 1 amide bonds. The highest BCUT2D eigenvalue weighted by molar-refractivity contribution is 5.94. The number of hydrogen-bond donors (Lipinski definition) is 1. The fraction of sp³-hybridized carbons (Fsp3) is 0.385. The van der Waals surface area contributed by atoms with Crippen molar-refractivity contribution in [3.8, 4) is 11.8 Å². The Morgan fingerprint density at radius 1 is 1.59 bits per heavy atom. The van der Waals surface area contributed by atoms with Crippen molar-refractivity contribution in [1.29, 1.82) is 5.26 Å². The van der Waals surface area contributed by atoms with Crippen LogP contribution in [-0.2, 0) is 4.79 Å². The van der Waals surface area contributed by atoms with Crippen LogP contribution in [0.5, 0.6) is 5.75 Å². The van der Waals surface area contributed by atoms with Gasteiger partial charge in [0.05, 0.1) is 13.2 Å². The molecular weight excluding hydrogens is 216 g/mol. The Balaban J connectivity index is 2.82. The minimum atomic E-state index is -0.600. The number of benzene rings is 1. The van der Waals surface area contributed by atoms with Crippen LogP contribution in [0.3, 0.4) is 0 Å². The van der Waals surface area contributed by atoms with Crippen molar-refractivity contribution >= 4 is 11.6 Å². The quantitative estimate of drug-likeness (QED) is 0.867. The molecule has 0 aliphatic carbocycles. The molecule has 0 heterocycles. The minimum Gasteiger partial charge on any atom is -0.497 e. The van der Waals surface area contributed by atoms with Crippen LogP contribution in [0.2, 0.25) is 0 Å². The average molecular weight is 232 g/mol. The van der Waals surface area contributed by atoms with E-state index >= 15 is 0 Å². The molecule has 1 unspecified atom stereocenters. The molecule has 17 heavy (non-hydrogen) atoms. The van der Waals surface area contributed by atoms with Crippen LogP contribution >= 0.6 is 0 Å². The lowest BCUT2D eigenvalue weighted by Crippen LogP contribution is -2.21. The van der Waals surface area contributed by atoms with Gasteiger partial charge in [0.2, 0.25) is 5.91 Å². The number of aryl methyl sites for hydroxylation is 1. The smallest absolute Gasteiger partial charge is 0.241 e.